The Kier molecular flexibility index (Phi) is 3.65. The van der Waals surface area contributed by atoms with Crippen LogP contribution in [0.2, 0.25) is 0 Å². The van der Waals surface area contributed by atoms with E-state index in [1.54, 1.807) is 51.1 Å². The highest BCUT2D eigenvalue weighted by Crippen LogP contribution is 2.22. The van der Waals surface area contributed by atoms with E-state index in [1.165, 1.54) is 0 Å². The van der Waals surface area contributed by atoms with Gasteiger partial charge in [0.1, 0.15) is 11.4 Å². The fourth-order valence-electron chi connectivity index (χ4n) is 1.58. The molecule has 0 unspecified atom stereocenters. The van der Waals surface area contributed by atoms with Gasteiger partial charge in [-0.2, -0.15) is 5.10 Å². The van der Waals surface area contributed by atoms with Gasteiger partial charge in [-0.3, -0.25) is 10.4 Å². The monoisotopic (exact) mass is 275 g/mol. The molecule has 0 fully saturated rings. The summed E-state index contributed by atoms with van der Waals surface area (Å²) >= 11 is 0. The van der Waals surface area contributed by atoms with Gasteiger partial charge in [-0.1, -0.05) is 0 Å². The van der Waals surface area contributed by atoms with Crippen LogP contribution in [0.15, 0.2) is 30.3 Å². The van der Waals surface area contributed by atoms with Crippen LogP contribution in [0.4, 0.5) is 10.6 Å². The van der Waals surface area contributed by atoms with Crippen LogP contribution in [-0.2, 0) is 4.74 Å². The highest BCUT2D eigenvalue weighted by molar-refractivity contribution is 5.84. The first kappa shape index (κ1) is 13.9. The Morgan fingerprint density at radius 2 is 1.95 bits per heavy atom. The van der Waals surface area contributed by atoms with Gasteiger partial charge in [-0.25, -0.2) is 4.79 Å². The standard InChI is InChI=1S/C14H17N3O3/c1-14(2,3)20-13(19)15-12-8-11(16-17-12)9-4-6-10(18)7-5-9/h4-8,18H,1-3H3,(H2,15,16,17,19). The van der Waals surface area contributed by atoms with Crippen LogP contribution in [0.3, 0.4) is 0 Å². The molecule has 0 aliphatic rings. The van der Waals surface area contributed by atoms with Crippen molar-refractivity contribution in [3.8, 4) is 17.0 Å². The van der Waals surface area contributed by atoms with E-state index in [-0.39, 0.29) is 5.75 Å². The lowest BCUT2D eigenvalue weighted by Crippen LogP contribution is -2.27. The Hall–Kier alpha value is -2.50. The molecule has 106 valence electrons. The van der Waals surface area contributed by atoms with Gasteiger partial charge in [0.25, 0.3) is 0 Å². The number of hydrogen-bond acceptors (Lipinski definition) is 4. The van der Waals surface area contributed by atoms with Crippen molar-refractivity contribution in [2.75, 3.05) is 5.32 Å². The molecular weight excluding hydrogens is 258 g/mol. The van der Waals surface area contributed by atoms with Gasteiger partial charge in [0.05, 0.1) is 5.69 Å². The SMILES string of the molecule is CC(C)(C)OC(=O)Nc1cc(-c2ccc(O)cc2)[nH]n1. The van der Waals surface area contributed by atoms with Crippen molar-refractivity contribution in [3.05, 3.63) is 30.3 Å². The van der Waals surface area contributed by atoms with Crippen molar-refractivity contribution < 1.29 is 14.6 Å². The van der Waals surface area contributed by atoms with Crippen LogP contribution < -0.4 is 5.32 Å². The zero-order valence-electron chi connectivity index (χ0n) is 11.6. The first-order valence-corrected chi connectivity index (χ1v) is 6.18. The molecule has 20 heavy (non-hydrogen) atoms. The second kappa shape index (κ2) is 5.24. The minimum atomic E-state index is -0.555. The topological polar surface area (TPSA) is 87.2 Å². The van der Waals surface area contributed by atoms with Gasteiger partial charge in [0, 0.05) is 6.07 Å². The maximum absolute atomic E-state index is 11.6. The summed E-state index contributed by atoms with van der Waals surface area (Å²) in [5, 5.41) is 18.6. The minimum Gasteiger partial charge on any atom is -0.508 e. The maximum Gasteiger partial charge on any atom is 0.413 e. The minimum absolute atomic E-state index is 0.195. The number of phenols is 1. The molecule has 0 saturated carbocycles. The van der Waals surface area contributed by atoms with Gasteiger partial charge in [-0.15, -0.1) is 0 Å². The number of H-pyrrole nitrogens is 1. The Balaban J connectivity index is 2.06. The molecule has 1 aromatic heterocycles. The molecule has 6 heteroatoms. The molecule has 6 nitrogen and oxygen atoms in total. The molecule has 0 aliphatic carbocycles. The molecule has 0 radical (unpaired) electrons. The van der Waals surface area contributed by atoms with E-state index in [9.17, 15) is 9.90 Å². The number of nitrogens with zero attached hydrogens (tertiary/aromatic N) is 1. The van der Waals surface area contributed by atoms with Gasteiger partial charge < -0.3 is 9.84 Å². The lowest BCUT2D eigenvalue weighted by Gasteiger charge is -2.18. The summed E-state index contributed by atoms with van der Waals surface area (Å²) in [4.78, 5) is 11.6. The normalized spacial score (nSPS) is 11.2. The van der Waals surface area contributed by atoms with Crippen molar-refractivity contribution >= 4 is 11.9 Å². The Morgan fingerprint density at radius 3 is 2.55 bits per heavy atom. The van der Waals surface area contributed by atoms with Crippen molar-refractivity contribution in [1.29, 1.82) is 0 Å². The number of aromatic amines is 1. The first-order valence-electron chi connectivity index (χ1n) is 6.18. The smallest absolute Gasteiger partial charge is 0.413 e. The number of carbonyl (C=O) groups excluding carboxylic acids is 1. The summed E-state index contributed by atoms with van der Waals surface area (Å²) in [6, 6.07) is 8.35. The molecule has 2 rings (SSSR count). The molecule has 3 N–H and O–H groups in total. The second-order valence-electron chi connectivity index (χ2n) is 5.34. The number of amides is 1. The van der Waals surface area contributed by atoms with Crippen LogP contribution in [0.1, 0.15) is 20.8 Å². The van der Waals surface area contributed by atoms with E-state index in [2.05, 4.69) is 15.5 Å². The number of rotatable bonds is 2. The highest BCUT2D eigenvalue weighted by atomic mass is 16.6. The van der Waals surface area contributed by atoms with Crippen molar-refractivity contribution in [1.82, 2.24) is 10.2 Å². The Bertz CT molecular complexity index is 597. The predicted octanol–water partition coefficient (Wildman–Crippen LogP) is 3.13. The van der Waals surface area contributed by atoms with Crippen molar-refractivity contribution in [3.63, 3.8) is 0 Å². The Labute approximate surface area is 116 Å². The van der Waals surface area contributed by atoms with Gasteiger partial charge in [0.15, 0.2) is 5.82 Å². The second-order valence-corrected chi connectivity index (χ2v) is 5.34. The fourth-order valence-corrected chi connectivity index (χ4v) is 1.58. The van der Waals surface area contributed by atoms with E-state index >= 15 is 0 Å². The van der Waals surface area contributed by atoms with Gasteiger partial charge in [-0.05, 0) is 50.6 Å². The fraction of sp³-hybridized carbons (Fsp3) is 0.286. The van der Waals surface area contributed by atoms with Crippen LogP contribution in [0.25, 0.3) is 11.3 Å². The van der Waals surface area contributed by atoms with E-state index < -0.39 is 11.7 Å². The third kappa shape index (κ3) is 3.74. The van der Waals surface area contributed by atoms with Crippen molar-refractivity contribution in [2.45, 2.75) is 26.4 Å². The molecule has 0 bridgehead atoms. The molecule has 0 spiro atoms. The number of carbonyl (C=O) groups is 1. The zero-order valence-corrected chi connectivity index (χ0v) is 11.6. The molecule has 0 saturated heterocycles. The molecule has 1 amide bonds. The number of aromatic nitrogens is 2. The van der Waals surface area contributed by atoms with Crippen molar-refractivity contribution in [2.24, 2.45) is 0 Å². The number of ether oxygens (including phenoxy) is 1. The zero-order chi connectivity index (χ0) is 14.8. The van der Waals surface area contributed by atoms with Gasteiger partial charge >= 0.3 is 6.09 Å². The molecule has 1 aromatic carbocycles. The quantitative estimate of drug-likeness (QED) is 0.785. The molecule has 1 heterocycles. The van der Waals surface area contributed by atoms with Crippen LogP contribution >= 0.6 is 0 Å². The summed E-state index contributed by atoms with van der Waals surface area (Å²) in [7, 11) is 0. The summed E-state index contributed by atoms with van der Waals surface area (Å²) in [6.07, 6.45) is -0.554. The van der Waals surface area contributed by atoms with E-state index in [1.807, 2.05) is 0 Å². The number of nitrogens with one attached hydrogen (secondary N) is 2. The van der Waals surface area contributed by atoms with Gasteiger partial charge in [0.2, 0.25) is 0 Å². The van der Waals surface area contributed by atoms with E-state index in [4.69, 9.17) is 4.74 Å². The predicted molar refractivity (Wildman–Crippen MR) is 75.5 cm³/mol. The maximum atomic E-state index is 11.6. The third-order valence-corrected chi connectivity index (χ3v) is 2.39. The molecular formula is C14H17N3O3. The summed E-state index contributed by atoms with van der Waals surface area (Å²) in [5.41, 5.74) is 1.03. The average Bonchev–Trinajstić information content (AvgIpc) is 2.75. The number of anilines is 1. The van der Waals surface area contributed by atoms with Crippen LogP contribution in [0, 0.1) is 0 Å². The summed E-state index contributed by atoms with van der Waals surface area (Å²) in [6.45, 7) is 5.37. The molecule has 2 aromatic rings. The first-order chi connectivity index (χ1) is 9.33. The lowest BCUT2D eigenvalue weighted by atomic mass is 10.1. The van der Waals surface area contributed by atoms with E-state index in [0.29, 0.717) is 5.82 Å². The summed E-state index contributed by atoms with van der Waals surface area (Å²) < 4.78 is 5.14. The van der Waals surface area contributed by atoms with Crippen LogP contribution in [0.5, 0.6) is 5.75 Å². The number of hydrogen-bond donors (Lipinski definition) is 3. The largest absolute Gasteiger partial charge is 0.508 e. The number of aromatic hydroxyl groups is 1. The summed E-state index contributed by atoms with van der Waals surface area (Å²) in [5.74, 6) is 0.572. The third-order valence-electron chi connectivity index (χ3n) is 2.39. The molecule has 0 aliphatic heterocycles. The van der Waals surface area contributed by atoms with E-state index in [0.717, 1.165) is 11.3 Å². The molecule has 0 atom stereocenters. The lowest BCUT2D eigenvalue weighted by molar-refractivity contribution is 0.0635. The Morgan fingerprint density at radius 1 is 1.30 bits per heavy atom. The number of benzene rings is 1. The average molecular weight is 275 g/mol. The highest BCUT2D eigenvalue weighted by Gasteiger charge is 2.17. The number of phenolic OH excluding ortho intramolecular Hbond substituents is 1. The van der Waals surface area contributed by atoms with Crippen LogP contribution in [-0.4, -0.2) is 27.0 Å².